The molecule has 1 aromatic carbocycles. The van der Waals surface area contributed by atoms with Crippen LogP contribution in [0, 0.1) is 5.82 Å². The van der Waals surface area contributed by atoms with E-state index in [-0.39, 0.29) is 5.82 Å². The summed E-state index contributed by atoms with van der Waals surface area (Å²) >= 11 is 0. The molecule has 2 nitrogen and oxygen atoms in total. The quantitative estimate of drug-likeness (QED) is 0.713. The number of nitrogens with two attached hydrogens (primary N) is 1. The van der Waals surface area contributed by atoms with Crippen LogP contribution >= 0.6 is 0 Å². The molecule has 0 radical (unpaired) electrons. The zero-order valence-electron chi connectivity index (χ0n) is 10.2. The van der Waals surface area contributed by atoms with Crippen molar-refractivity contribution in [2.75, 3.05) is 6.54 Å². The molecule has 0 saturated heterocycles. The molecule has 17 heavy (non-hydrogen) atoms. The molecule has 0 aliphatic heterocycles. The Balaban J connectivity index is 1.72. The highest BCUT2D eigenvalue weighted by atomic mass is 19.1. The van der Waals surface area contributed by atoms with E-state index in [1.807, 2.05) is 6.07 Å². The van der Waals surface area contributed by atoms with E-state index in [9.17, 15) is 4.39 Å². The number of benzene rings is 1. The molecule has 0 heterocycles. The number of hydrogen-bond donors (Lipinski definition) is 2. The number of unbranched alkanes of at least 4 members (excludes halogenated alkanes) is 1. The number of nitrogens with one attached hydrogen (secondary N) is 1. The van der Waals surface area contributed by atoms with Gasteiger partial charge in [0.05, 0.1) is 0 Å². The Morgan fingerprint density at radius 1 is 1.29 bits per heavy atom. The molecular weight excluding hydrogens is 215 g/mol. The van der Waals surface area contributed by atoms with Gasteiger partial charge in [-0.15, -0.1) is 0 Å². The molecule has 1 saturated carbocycles. The molecule has 94 valence electrons. The first kappa shape index (κ1) is 12.5. The lowest BCUT2D eigenvalue weighted by molar-refractivity contribution is 0.585. The van der Waals surface area contributed by atoms with Crippen LogP contribution in [0.4, 0.5) is 4.39 Å². The lowest BCUT2D eigenvalue weighted by Gasteiger charge is -2.06. The summed E-state index contributed by atoms with van der Waals surface area (Å²) in [6.45, 7) is 1.54. The molecule has 0 spiro atoms. The summed E-state index contributed by atoms with van der Waals surface area (Å²) in [5.74, 6) is -0.0997. The average Bonchev–Trinajstić information content (AvgIpc) is 3.15. The Kier molecular flexibility index (Phi) is 4.51. The smallest absolute Gasteiger partial charge is 0.126 e. The van der Waals surface area contributed by atoms with Crippen molar-refractivity contribution in [1.29, 1.82) is 0 Å². The molecule has 2 rings (SSSR count). The van der Waals surface area contributed by atoms with Crippen LogP contribution in [-0.2, 0) is 13.0 Å². The van der Waals surface area contributed by atoms with Gasteiger partial charge in [0.1, 0.15) is 5.82 Å². The topological polar surface area (TPSA) is 38.0 Å². The summed E-state index contributed by atoms with van der Waals surface area (Å²) in [7, 11) is 0. The number of halogens is 1. The van der Waals surface area contributed by atoms with Gasteiger partial charge in [-0.25, -0.2) is 4.39 Å². The Bertz CT molecular complexity index is 361. The van der Waals surface area contributed by atoms with Crippen LogP contribution in [0.15, 0.2) is 18.2 Å². The molecule has 0 amide bonds. The number of aryl methyl sites for hydroxylation is 1. The highest BCUT2D eigenvalue weighted by Gasteiger charge is 2.19. The maximum absolute atomic E-state index is 13.5. The molecule has 3 heteroatoms. The lowest BCUT2D eigenvalue weighted by Crippen LogP contribution is -2.17. The molecule has 1 aliphatic carbocycles. The maximum Gasteiger partial charge on any atom is 0.126 e. The van der Waals surface area contributed by atoms with Crippen molar-refractivity contribution in [1.82, 2.24) is 5.32 Å². The third-order valence-electron chi connectivity index (χ3n) is 3.23. The van der Waals surface area contributed by atoms with Gasteiger partial charge in [0.25, 0.3) is 0 Å². The third-order valence-corrected chi connectivity index (χ3v) is 3.23. The molecule has 1 aromatic rings. The summed E-state index contributed by atoms with van der Waals surface area (Å²) in [5.41, 5.74) is 7.37. The first-order valence-electron chi connectivity index (χ1n) is 6.50. The number of hydrogen-bond acceptors (Lipinski definition) is 2. The van der Waals surface area contributed by atoms with Gasteiger partial charge in [-0.1, -0.05) is 12.1 Å². The normalized spacial score (nSPS) is 15.2. The van der Waals surface area contributed by atoms with Crippen LogP contribution in [0.1, 0.15) is 36.8 Å². The van der Waals surface area contributed by atoms with E-state index in [0.717, 1.165) is 43.0 Å². The molecule has 0 unspecified atom stereocenters. The minimum Gasteiger partial charge on any atom is -0.326 e. The maximum atomic E-state index is 13.5. The monoisotopic (exact) mass is 236 g/mol. The molecule has 1 aliphatic rings. The average molecular weight is 236 g/mol. The van der Waals surface area contributed by atoms with Gasteiger partial charge in [-0.2, -0.15) is 0 Å². The van der Waals surface area contributed by atoms with Crippen LogP contribution in [0.25, 0.3) is 0 Å². The second-order valence-corrected chi connectivity index (χ2v) is 4.82. The molecule has 1 fully saturated rings. The SMILES string of the molecule is NCc1ccc(F)c(CCCCNC2CC2)c1. The van der Waals surface area contributed by atoms with Gasteiger partial charge >= 0.3 is 0 Å². The number of rotatable bonds is 7. The van der Waals surface area contributed by atoms with E-state index in [1.165, 1.54) is 18.9 Å². The third kappa shape index (κ3) is 4.10. The van der Waals surface area contributed by atoms with E-state index >= 15 is 0 Å². The zero-order valence-corrected chi connectivity index (χ0v) is 10.2. The first-order valence-corrected chi connectivity index (χ1v) is 6.50. The molecule has 0 bridgehead atoms. The van der Waals surface area contributed by atoms with Gasteiger partial charge in [0.15, 0.2) is 0 Å². The summed E-state index contributed by atoms with van der Waals surface area (Å²) < 4.78 is 13.5. The standard InChI is InChI=1S/C14H21FN2/c15-14-7-4-11(10-16)9-12(14)3-1-2-8-17-13-5-6-13/h4,7,9,13,17H,1-3,5-6,8,10,16H2. The van der Waals surface area contributed by atoms with Crippen molar-refractivity contribution in [3.8, 4) is 0 Å². The van der Waals surface area contributed by atoms with Crippen LogP contribution in [-0.4, -0.2) is 12.6 Å². The van der Waals surface area contributed by atoms with Crippen LogP contribution in [0.3, 0.4) is 0 Å². The van der Waals surface area contributed by atoms with E-state index in [2.05, 4.69) is 5.32 Å². The Hall–Kier alpha value is -0.930. The lowest BCUT2D eigenvalue weighted by atomic mass is 10.0. The van der Waals surface area contributed by atoms with E-state index in [1.54, 1.807) is 6.07 Å². The van der Waals surface area contributed by atoms with Gasteiger partial charge in [-0.3, -0.25) is 0 Å². The van der Waals surface area contributed by atoms with Gasteiger partial charge in [0, 0.05) is 12.6 Å². The Labute approximate surface area is 102 Å². The van der Waals surface area contributed by atoms with E-state index < -0.39 is 0 Å². The molecule has 0 atom stereocenters. The minimum absolute atomic E-state index is 0.0997. The Morgan fingerprint density at radius 2 is 2.12 bits per heavy atom. The predicted molar refractivity (Wildman–Crippen MR) is 68.3 cm³/mol. The minimum atomic E-state index is -0.0997. The fraction of sp³-hybridized carbons (Fsp3) is 0.571. The van der Waals surface area contributed by atoms with Crippen molar-refractivity contribution in [2.24, 2.45) is 5.73 Å². The predicted octanol–water partition coefficient (Wildman–Crippen LogP) is 2.36. The summed E-state index contributed by atoms with van der Waals surface area (Å²) in [5, 5.41) is 3.47. The largest absolute Gasteiger partial charge is 0.326 e. The van der Waals surface area contributed by atoms with Crippen LogP contribution in [0.5, 0.6) is 0 Å². The van der Waals surface area contributed by atoms with Gasteiger partial charge in [0.2, 0.25) is 0 Å². The molecule has 3 N–H and O–H groups in total. The van der Waals surface area contributed by atoms with Crippen molar-refractivity contribution in [2.45, 2.75) is 44.7 Å². The first-order chi connectivity index (χ1) is 8.29. The van der Waals surface area contributed by atoms with Crippen molar-refractivity contribution in [3.05, 3.63) is 35.1 Å². The fourth-order valence-electron chi connectivity index (χ4n) is 1.98. The highest BCUT2D eigenvalue weighted by molar-refractivity contribution is 5.25. The second kappa shape index (κ2) is 6.12. The van der Waals surface area contributed by atoms with E-state index in [4.69, 9.17) is 5.73 Å². The molecular formula is C14H21FN2. The molecule has 0 aromatic heterocycles. The summed E-state index contributed by atoms with van der Waals surface area (Å²) in [4.78, 5) is 0. The van der Waals surface area contributed by atoms with Crippen molar-refractivity contribution in [3.63, 3.8) is 0 Å². The summed E-state index contributed by atoms with van der Waals surface area (Å²) in [6.07, 6.45) is 5.61. The van der Waals surface area contributed by atoms with Gasteiger partial charge in [-0.05, 0) is 55.8 Å². The van der Waals surface area contributed by atoms with Crippen molar-refractivity contribution >= 4 is 0 Å². The fourth-order valence-corrected chi connectivity index (χ4v) is 1.98. The zero-order chi connectivity index (χ0) is 12.1. The van der Waals surface area contributed by atoms with Crippen molar-refractivity contribution < 1.29 is 4.39 Å². The van der Waals surface area contributed by atoms with Gasteiger partial charge < -0.3 is 11.1 Å². The van der Waals surface area contributed by atoms with E-state index in [0.29, 0.717) is 6.54 Å². The second-order valence-electron chi connectivity index (χ2n) is 4.82. The van der Waals surface area contributed by atoms with Crippen LogP contribution < -0.4 is 11.1 Å². The van der Waals surface area contributed by atoms with Crippen LogP contribution in [0.2, 0.25) is 0 Å². The highest BCUT2D eigenvalue weighted by Crippen LogP contribution is 2.18. The Morgan fingerprint density at radius 3 is 2.82 bits per heavy atom. The summed E-state index contributed by atoms with van der Waals surface area (Å²) in [6, 6.07) is 5.95.